The maximum Gasteiger partial charge on any atom is 0.354 e. The van der Waals surface area contributed by atoms with Crippen molar-refractivity contribution in [1.82, 2.24) is 4.98 Å². The van der Waals surface area contributed by atoms with Crippen LogP contribution in [0.1, 0.15) is 10.5 Å². The molecule has 1 aromatic heterocycles. The van der Waals surface area contributed by atoms with E-state index in [1.165, 1.54) is 0 Å². The molecule has 4 nitrogen and oxygen atoms in total. The van der Waals surface area contributed by atoms with Crippen LogP contribution in [0.5, 0.6) is 0 Å². The molecule has 0 bridgehead atoms. The fourth-order valence-electron chi connectivity index (χ4n) is 1.85. The maximum absolute atomic E-state index is 11.1. The van der Waals surface area contributed by atoms with Gasteiger partial charge in [0.15, 0.2) is 5.69 Å². The lowest BCUT2D eigenvalue weighted by Crippen LogP contribution is -2.09. The van der Waals surface area contributed by atoms with Crippen LogP contribution >= 0.6 is 11.8 Å². The molecule has 0 spiro atoms. The van der Waals surface area contributed by atoms with Crippen molar-refractivity contribution in [3.63, 3.8) is 0 Å². The standard InChI is InChI=1S/C15H16N2O2S/c1-2-8-20-9-7-16-14-12-6-4-3-5-11(12)10-13(17-14)15(18)19/h2-6,10H,1,7-9H2,(H,16,17)(H,18,19). The molecule has 0 atom stereocenters. The number of fused-ring (bicyclic) bond motifs is 1. The van der Waals surface area contributed by atoms with Crippen molar-refractivity contribution in [2.24, 2.45) is 0 Å². The number of anilines is 1. The summed E-state index contributed by atoms with van der Waals surface area (Å²) < 4.78 is 0. The van der Waals surface area contributed by atoms with E-state index in [1.807, 2.05) is 30.3 Å². The second-order valence-corrected chi connectivity index (χ2v) is 5.32. The zero-order chi connectivity index (χ0) is 14.4. The number of pyridine rings is 1. The highest BCUT2D eigenvalue weighted by Crippen LogP contribution is 2.22. The molecule has 2 N–H and O–H groups in total. The van der Waals surface area contributed by atoms with Gasteiger partial charge in [0, 0.05) is 23.4 Å². The maximum atomic E-state index is 11.1. The predicted octanol–water partition coefficient (Wildman–Crippen LogP) is 3.26. The van der Waals surface area contributed by atoms with Gasteiger partial charge in [0.1, 0.15) is 5.82 Å². The van der Waals surface area contributed by atoms with E-state index in [0.717, 1.165) is 28.8 Å². The molecule has 0 aliphatic carbocycles. The Bertz CT molecular complexity index is 628. The van der Waals surface area contributed by atoms with Gasteiger partial charge in [-0.05, 0) is 11.5 Å². The Hall–Kier alpha value is -2.01. The average molecular weight is 288 g/mol. The number of nitrogens with zero attached hydrogens (tertiary/aromatic N) is 1. The number of rotatable bonds is 7. The first-order chi connectivity index (χ1) is 9.72. The topological polar surface area (TPSA) is 62.2 Å². The van der Waals surface area contributed by atoms with Crippen LogP contribution in [0.15, 0.2) is 43.0 Å². The van der Waals surface area contributed by atoms with Gasteiger partial charge in [-0.25, -0.2) is 9.78 Å². The SMILES string of the molecule is C=CCSCCNc1nc(C(=O)O)cc2ccccc12. The van der Waals surface area contributed by atoms with Crippen molar-refractivity contribution in [1.29, 1.82) is 0 Å². The number of thioether (sulfide) groups is 1. The van der Waals surface area contributed by atoms with Gasteiger partial charge >= 0.3 is 5.97 Å². The van der Waals surface area contributed by atoms with Gasteiger partial charge < -0.3 is 10.4 Å². The Morgan fingerprint density at radius 1 is 1.45 bits per heavy atom. The molecule has 0 amide bonds. The third kappa shape index (κ3) is 3.51. The third-order valence-electron chi connectivity index (χ3n) is 2.73. The molecule has 0 fully saturated rings. The number of carbonyl (C=O) groups is 1. The van der Waals surface area contributed by atoms with Gasteiger partial charge in [-0.1, -0.05) is 30.3 Å². The van der Waals surface area contributed by atoms with Gasteiger partial charge in [0.25, 0.3) is 0 Å². The summed E-state index contributed by atoms with van der Waals surface area (Å²) in [6.45, 7) is 4.40. The fourth-order valence-corrected chi connectivity index (χ4v) is 2.43. The molecule has 0 saturated heterocycles. The zero-order valence-electron chi connectivity index (χ0n) is 11.0. The van der Waals surface area contributed by atoms with Crippen molar-refractivity contribution < 1.29 is 9.90 Å². The number of carboxylic acids is 1. The zero-order valence-corrected chi connectivity index (χ0v) is 11.8. The molecule has 0 saturated carbocycles. The summed E-state index contributed by atoms with van der Waals surface area (Å²) in [5.41, 5.74) is 0.0601. The van der Waals surface area contributed by atoms with Crippen LogP contribution in [0.25, 0.3) is 10.8 Å². The first-order valence-electron chi connectivity index (χ1n) is 6.28. The van der Waals surface area contributed by atoms with Crippen molar-refractivity contribution in [2.45, 2.75) is 0 Å². The summed E-state index contributed by atoms with van der Waals surface area (Å²) in [6.07, 6.45) is 1.86. The molecule has 0 aliphatic heterocycles. The van der Waals surface area contributed by atoms with E-state index >= 15 is 0 Å². The number of nitrogens with one attached hydrogen (secondary N) is 1. The van der Waals surface area contributed by atoms with Crippen molar-refractivity contribution >= 4 is 34.3 Å². The molecule has 1 aromatic carbocycles. The van der Waals surface area contributed by atoms with Gasteiger partial charge in [-0.15, -0.1) is 6.58 Å². The Labute approximate surface area is 121 Å². The summed E-state index contributed by atoms with van der Waals surface area (Å²) in [4.78, 5) is 15.3. The van der Waals surface area contributed by atoms with Crippen LogP contribution in [0.2, 0.25) is 0 Å². The summed E-state index contributed by atoms with van der Waals surface area (Å²) >= 11 is 1.76. The van der Waals surface area contributed by atoms with E-state index in [1.54, 1.807) is 17.8 Å². The summed E-state index contributed by atoms with van der Waals surface area (Å²) in [5.74, 6) is 1.43. The summed E-state index contributed by atoms with van der Waals surface area (Å²) in [5, 5.41) is 14.1. The van der Waals surface area contributed by atoms with Crippen LogP contribution in [0.3, 0.4) is 0 Å². The van der Waals surface area contributed by atoms with Crippen LogP contribution in [0.4, 0.5) is 5.82 Å². The van der Waals surface area contributed by atoms with Gasteiger partial charge in [0.2, 0.25) is 0 Å². The van der Waals surface area contributed by atoms with E-state index in [0.29, 0.717) is 5.82 Å². The van der Waals surface area contributed by atoms with Gasteiger partial charge in [-0.2, -0.15) is 11.8 Å². The second-order valence-electron chi connectivity index (χ2n) is 4.17. The lowest BCUT2D eigenvalue weighted by atomic mass is 10.1. The van der Waals surface area contributed by atoms with Gasteiger partial charge in [0.05, 0.1) is 0 Å². The molecule has 0 radical (unpaired) electrons. The first kappa shape index (κ1) is 14.4. The number of hydrogen-bond donors (Lipinski definition) is 2. The quantitative estimate of drug-likeness (QED) is 0.605. The monoisotopic (exact) mass is 288 g/mol. The molecular formula is C15H16N2O2S. The Morgan fingerprint density at radius 2 is 2.25 bits per heavy atom. The molecule has 0 unspecified atom stereocenters. The first-order valence-corrected chi connectivity index (χ1v) is 7.43. The molecule has 0 aliphatic rings. The Kier molecular flexibility index (Phi) is 5.01. The molecule has 2 rings (SSSR count). The number of aromatic carboxylic acids is 1. The second kappa shape index (κ2) is 6.96. The molecule has 20 heavy (non-hydrogen) atoms. The Morgan fingerprint density at radius 3 is 3.00 bits per heavy atom. The lowest BCUT2D eigenvalue weighted by molar-refractivity contribution is 0.0691. The number of benzene rings is 1. The minimum atomic E-state index is -1.01. The van der Waals surface area contributed by atoms with E-state index < -0.39 is 5.97 Å². The highest BCUT2D eigenvalue weighted by atomic mass is 32.2. The minimum absolute atomic E-state index is 0.0601. The van der Waals surface area contributed by atoms with Crippen LogP contribution < -0.4 is 5.32 Å². The van der Waals surface area contributed by atoms with Crippen molar-refractivity contribution in [2.75, 3.05) is 23.4 Å². The highest BCUT2D eigenvalue weighted by molar-refractivity contribution is 7.99. The van der Waals surface area contributed by atoms with Crippen molar-refractivity contribution in [3.05, 3.63) is 48.7 Å². The molecule has 1 heterocycles. The highest BCUT2D eigenvalue weighted by Gasteiger charge is 2.10. The molecule has 104 valence electrons. The summed E-state index contributed by atoms with van der Waals surface area (Å²) in [7, 11) is 0. The fraction of sp³-hybridized carbons (Fsp3) is 0.200. The predicted molar refractivity (Wildman–Crippen MR) is 84.7 cm³/mol. The third-order valence-corrected chi connectivity index (χ3v) is 3.70. The molecular weight excluding hydrogens is 272 g/mol. The van der Waals surface area contributed by atoms with E-state index in [4.69, 9.17) is 5.11 Å². The molecule has 5 heteroatoms. The minimum Gasteiger partial charge on any atom is -0.477 e. The average Bonchev–Trinajstić information content (AvgIpc) is 2.46. The van der Waals surface area contributed by atoms with Gasteiger partial charge in [-0.3, -0.25) is 0 Å². The van der Waals surface area contributed by atoms with Crippen LogP contribution in [0, 0.1) is 0 Å². The normalized spacial score (nSPS) is 10.4. The summed E-state index contributed by atoms with van der Waals surface area (Å²) in [6, 6.07) is 9.23. The number of aromatic nitrogens is 1. The van der Waals surface area contributed by atoms with Crippen molar-refractivity contribution in [3.8, 4) is 0 Å². The van der Waals surface area contributed by atoms with Crippen LogP contribution in [-0.2, 0) is 0 Å². The lowest BCUT2D eigenvalue weighted by Gasteiger charge is -2.09. The van der Waals surface area contributed by atoms with Crippen LogP contribution in [-0.4, -0.2) is 34.1 Å². The van der Waals surface area contributed by atoms with E-state index in [-0.39, 0.29) is 5.69 Å². The largest absolute Gasteiger partial charge is 0.477 e. The smallest absolute Gasteiger partial charge is 0.354 e. The Balaban J connectivity index is 2.21. The molecule has 2 aromatic rings. The van der Waals surface area contributed by atoms with E-state index in [2.05, 4.69) is 16.9 Å². The number of hydrogen-bond acceptors (Lipinski definition) is 4. The van der Waals surface area contributed by atoms with E-state index in [9.17, 15) is 4.79 Å². The number of carboxylic acid groups (broad SMARTS) is 1.